The van der Waals surface area contributed by atoms with Crippen LogP contribution < -0.4 is 38.5 Å². The van der Waals surface area contributed by atoms with Crippen LogP contribution in [0.25, 0.3) is 0 Å². The Morgan fingerprint density at radius 1 is 0.806 bits per heavy atom. The summed E-state index contributed by atoms with van der Waals surface area (Å²) in [5.74, 6) is -3.48. The molecule has 0 aliphatic heterocycles. The third kappa shape index (κ3) is 15.5. The lowest BCUT2D eigenvalue weighted by atomic mass is 10.0. The number of nitrogens with one attached hydrogen (secondary N) is 4. The van der Waals surface area contributed by atoms with Crippen LogP contribution >= 0.6 is 0 Å². The molecular weight excluding hydrogens is 472 g/mol. The minimum atomic E-state index is -1.24. The molecule has 3 atom stereocenters. The number of carbonyl (C=O) groups is 5. The monoisotopic (exact) mass is 514 g/mol. The number of guanidine groups is 1. The third-order valence-electron chi connectivity index (χ3n) is 4.85. The molecule has 0 aliphatic rings. The van der Waals surface area contributed by atoms with Crippen molar-refractivity contribution in [3.8, 4) is 0 Å². The number of carboxylic acids is 1. The molecule has 0 rings (SSSR count). The van der Waals surface area contributed by atoms with Gasteiger partial charge in [0.25, 0.3) is 0 Å². The lowest BCUT2D eigenvalue weighted by Crippen LogP contribution is -2.53. The molecule has 0 radical (unpaired) electrons. The predicted molar refractivity (Wildman–Crippen MR) is 134 cm³/mol. The van der Waals surface area contributed by atoms with E-state index in [-0.39, 0.29) is 43.7 Å². The molecule has 0 bridgehead atoms. The van der Waals surface area contributed by atoms with Gasteiger partial charge < -0.3 is 43.6 Å². The zero-order chi connectivity index (χ0) is 27.8. The van der Waals surface area contributed by atoms with Gasteiger partial charge in [-0.25, -0.2) is 4.79 Å². The van der Waals surface area contributed by atoms with E-state index in [0.717, 1.165) is 0 Å². The Balaban J connectivity index is 4.78. The van der Waals surface area contributed by atoms with E-state index in [2.05, 4.69) is 26.3 Å². The second-order valence-electron chi connectivity index (χ2n) is 9.33. The summed E-state index contributed by atoms with van der Waals surface area (Å²) in [6.07, 6.45) is 1.16. The van der Waals surface area contributed by atoms with Crippen LogP contribution in [0.15, 0.2) is 4.99 Å². The van der Waals surface area contributed by atoms with Crippen molar-refractivity contribution in [2.75, 3.05) is 19.6 Å². The van der Waals surface area contributed by atoms with Gasteiger partial charge in [0.15, 0.2) is 5.96 Å². The van der Waals surface area contributed by atoms with Gasteiger partial charge in [-0.1, -0.05) is 27.7 Å². The number of aliphatic imine (C=N–C) groups is 1. The van der Waals surface area contributed by atoms with Crippen LogP contribution in [0.5, 0.6) is 0 Å². The van der Waals surface area contributed by atoms with Crippen molar-refractivity contribution in [2.24, 2.45) is 34.0 Å². The molecular formula is C22H42N8O6. The van der Waals surface area contributed by atoms with Crippen molar-refractivity contribution in [3.05, 3.63) is 0 Å². The first-order valence-electron chi connectivity index (χ1n) is 11.9. The largest absolute Gasteiger partial charge is 0.480 e. The highest BCUT2D eigenvalue weighted by Gasteiger charge is 2.24. The number of carboxylic acid groups (broad SMARTS) is 1. The Morgan fingerprint density at radius 2 is 1.31 bits per heavy atom. The molecule has 0 aliphatic carbocycles. The maximum absolute atomic E-state index is 12.6. The van der Waals surface area contributed by atoms with E-state index in [0.29, 0.717) is 12.8 Å². The van der Waals surface area contributed by atoms with Gasteiger partial charge in [0.2, 0.25) is 23.6 Å². The second kappa shape index (κ2) is 17.1. The fraction of sp³-hybridized carbons (Fsp3) is 0.727. The Morgan fingerprint density at radius 3 is 1.78 bits per heavy atom. The smallest absolute Gasteiger partial charge is 0.326 e. The van der Waals surface area contributed by atoms with Gasteiger partial charge in [-0.05, 0) is 37.5 Å². The molecule has 14 heteroatoms. The van der Waals surface area contributed by atoms with Gasteiger partial charge in [-0.3, -0.25) is 24.2 Å². The number of nitrogens with two attached hydrogens (primary N) is 3. The van der Waals surface area contributed by atoms with E-state index < -0.39 is 54.3 Å². The molecule has 11 N–H and O–H groups in total. The van der Waals surface area contributed by atoms with Crippen molar-refractivity contribution < 1.29 is 29.1 Å². The quantitative estimate of drug-likeness (QED) is 0.0592. The van der Waals surface area contributed by atoms with Gasteiger partial charge in [0.05, 0.1) is 19.1 Å². The zero-order valence-corrected chi connectivity index (χ0v) is 21.5. The van der Waals surface area contributed by atoms with E-state index in [9.17, 15) is 29.1 Å². The van der Waals surface area contributed by atoms with Crippen LogP contribution in [0.1, 0.15) is 53.4 Å². The van der Waals surface area contributed by atoms with Crippen molar-refractivity contribution in [1.29, 1.82) is 0 Å². The third-order valence-corrected chi connectivity index (χ3v) is 4.85. The number of rotatable bonds is 17. The van der Waals surface area contributed by atoms with Crippen molar-refractivity contribution in [2.45, 2.75) is 71.5 Å². The number of aliphatic carboxylic acids is 1. The first-order chi connectivity index (χ1) is 16.7. The van der Waals surface area contributed by atoms with Crippen molar-refractivity contribution in [3.63, 3.8) is 0 Å². The van der Waals surface area contributed by atoms with Crippen LogP contribution in [0.2, 0.25) is 0 Å². The van der Waals surface area contributed by atoms with Crippen LogP contribution in [0, 0.1) is 11.8 Å². The summed E-state index contributed by atoms with van der Waals surface area (Å²) in [6, 6.07) is -2.88. The van der Waals surface area contributed by atoms with Crippen LogP contribution in [-0.4, -0.2) is 78.4 Å². The number of carbonyl (C=O) groups excluding carboxylic acids is 4. The van der Waals surface area contributed by atoms with Gasteiger partial charge >= 0.3 is 5.97 Å². The Kier molecular flexibility index (Phi) is 15.5. The molecule has 0 unspecified atom stereocenters. The topological polar surface area (TPSA) is 244 Å². The summed E-state index contributed by atoms with van der Waals surface area (Å²) in [7, 11) is 0. The van der Waals surface area contributed by atoms with Crippen LogP contribution in [-0.2, 0) is 24.0 Å². The molecule has 0 aromatic carbocycles. The molecule has 4 amide bonds. The summed E-state index contributed by atoms with van der Waals surface area (Å²) >= 11 is 0. The standard InChI is InChI=1S/C22H42N8O6/c1-12(2)8-14(23)19(33)27-10-18(32)30-16(9-13(3)4)20(34)28-11-17(31)29-15(21(35)36)6-5-7-26-22(24)25/h12-16H,5-11,23H2,1-4H3,(H,27,33)(H,28,34)(H,29,31)(H,30,32)(H,35,36)(H4,24,25,26)/t14-,15-,16-/m0/s1. The minimum Gasteiger partial charge on any atom is -0.480 e. The number of nitrogens with zero attached hydrogens (tertiary/aromatic N) is 1. The summed E-state index contributed by atoms with van der Waals surface area (Å²) in [6.45, 7) is 6.92. The highest BCUT2D eigenvalue weighted by atomic mass is 16.4. The molecule has 0 saturated carbocycles. The predicted octanol–water partition coefficient (Wildman–Crippen LogP) is -2.25. The molecule has 0 saturated heterocycles. The Bertz CT molecular complexity index is 783. The van der Waals surface area contributed by atoms with Crippen LogP contribution in [0.3, 0.4) is 0 Å². The summed E-state index contributed by atoms with van der Waals surface area (Å²) in [4.78, 5) is 64.2. The van der Waals surface area contributed by atoms with Crippen molar-refractivity contribution >= 4 is 35.6 Å². The van der Waals surface area contributed by atoms with Gasteiger partial charge in [0, 0.05) is 6.54 Å². The molecule has 36 heavy (non-hydrogen) atoms. The maximum Gasteiger partial charge on any atom is 0.326 e. The van der Waals surface area contributed by atoms with E-state index in [1.54, 1.807) is 0 Å². The lowest BCUT2D eigenvalue weighted by Gasteiger charge is -2.21. The summed E-state index contributed by atoms with van der Waals surface area (Å²) < 4.78 is 0. The number of hydrogen-bond donors (Lipinski definition) is 8. The normalized spacial score (nSPS) is 13.3. The zero-order valence-electron chi connectivity index (χ0n) is 21.5. The lowest BCUT2D eigenvalue weighted by molar-refractivity contribution is -0.142. The molecule has 14 nitrogen and oxygen atoms in total. The van der Waals surface area contributed by atoms with E-state index in [1.165, 1.54) is 0 Å². The molecule has 0 aromatic rings. The van der Waals surface area contributed by atoms with E-state index >= 15 is 0 Å². The summed E-state index contributed by atoms with van der Waals surface area (Å²) in [5.41, 5.74) is 16.2. The van der Waals surface area contributed by atoms with Crippen LogP contribution in [0.4, 0.5) is 0 Å². The average molecular weight is 515 g/mol. The minimum absolute atomic E-state index is 0.0329. The van der Waals surface area contributed by atoms with Gasteiger partial charge in [-0.2, -0.15) is 0 Å². The SMILES string of the molecule is CC(C)C[C@H](NC(=O)CNC(=O)[C@@H](N)CC(C)C)C(=O)NCC(=O)N[C@@H](CCCN=C(N)N)C(=O)O. The second-order valence-corrected chi connectivity index (χ2v) is 9.33. The van der Waals surface area contributed by atoms with E-state index in [4.69, 9.17) is 17.2 Å². The first kappa shape index (κ1) is 32.6. The highest BCUT2D eigenvalue weighted by molar-refractivity contribution is 5.93. The van der Waals surface area contributed by atoms with Crippen molar-refractivity contribution in [1.82, 2.24) is 21.3 Å². The fourth-order valence-corrected chi connectivity index (χ4v) is 3.16. The highest BCUT2D eigenvalue weighted by Crippen LogP contribution is 2.05. The van der Waals surface area contributed by atoms with E-state index in [1.807, 2.05) is 27.7 Å². The Hall–Kier alpha value is -3.42. The first-order valence-corrected chi connectivity index (χ1v) is 11.9. The molecule has 206 valence electrons. The number of amides is 4. The molecule has 0 aromatic heterocycles. The van der Waals surface area contributed by atoms with Gasteiger partial charge in [-0.15, -0.1) is 0 Å². The summed E-state index contributed by atoms with van der Waals surface area (Å²) in [5, 5.41) is 19.0. The maximum atomic E-state index is 12.6. The molecule has 0 spiro atoms. The molecule has 0 heterocycles. The van der Waals surface area contributed by atoms with Gasteiger partial charge in [0.1, 0.15) is 12.1 Å². The fourth-order valence-electron chi connectivity index (χ4n) is 3.16. The number of hydrogen-bond acceptors (Lipinski definition) is 7. The Labute approximate surface area is 211 Å². The average Bonchev–Trinajstić information content (AvgIpc) is 2.76. The molecule has 0 fully saturated rings.